The predicted molar refractivity (Wildman–Crippen MR) is 68.5 cm³/mol. The molecule has 1 N–H and O–H groups in total. The van der Waals surface area contributed by atoms with Crippen molar-refractivity contribution in [2.45, 2.75) is 25.9 Å². The standard InChI is InChI=1S/C13H17N3O3/c1-3-9-7-14-5-4-11(9)13-15-12(19-16-13)6-10(17)8-18-2/h4-5,7,10,17H,3,6,8H2,1-2H3. The SMILES string of the molecule is CCc1cnccc1-c1noc(CC(O)COC)n1. The van der Waals surface area contributed by atoms with E-state index in [-0.39, 0.29) is 13.0 Å². The zero-order chi connectivity index (χ0) is 13.7. The van der Waals surface area contributed by atoms with Crippen molar-refractivity contribution in [3.05, 3.63) is 29.9 Å². The summed E-state index contributed by atoms with van der Waals surface area (Å²) in [6.07, 6.45) is 3.99. The van der Waals surface area contributed by atoms with Crippen LogP contribution in [-0.4, -0.2) is 40.1 Å². The second-order valence-corrected chi connectivity index (χ2v) is 4.21. The van der Waals surface area contributed by atoms with Gasteiger partial charge in [-0.1, -0.05) is 12.1 Å². The van der Waals surface area contributed by atoms with Gasteiger partial charge in [0.2, 0.25) is 11.7 Å². The molecule has 0 aliphatic heterocycles. The van der Waals surface area contributed by atoms with E-state index in [0.29, 0.717) is 11.7 Å². The zero-order valence-corrected chi connectivity index (χ0v) is 11.0. The summed E-state index contributed by atoms with van der Waals surface area (Å²) in [5.41, 5.74) is 1.97. The van der Waals surface area contributed by atoms with Gasteiger partial charge in [0.1, 0.15) is 0 Å². The first-order valence-corrected chi connectivity index (χ1v) is 6.17. The van der Waals surface area contributed by atoms with Crippen molar-refractivity contribution in [1.82, 2.24) is 15.1 Å². The normalized spacial score (nSPS) is 12.6. The number of aromatic nitrogens is 3. The van der Waals surface area contributed by atoms with Gasteiger partial charge in [-0.15, -0.1) is 0 Å². The molecule has 2 aromatic rings. The molecule has 0 saturated heterocycles. The number of ether oxygens (including phenoxy) is 1. The molecule has 2 aromatic heterocycles. The van der Waals surface area contributed by atoms with Gasteiger partial charge < -0.3 is 14.4 Å². The highest BCUT2D eigenvalue weighted by Crippen LogP contribution is 2.20. The van der Waals surface area contributed by atoms with Gasteiger partial charge in [0.05, 0.1) is 19.1 Å². The van der Waals surface area contributed by atoms with Crippen LogP contribution in [0.15, 0.2) is 23.0 Å². The maximum atomic E-state index is 9.62. The number of rotatable bonds is 6. The number of methoxy groups -OCH3 is 1. The van der Waals surface area contributed by atoms with Gasteiger partial charge in [0.15, 0.2) is 0 Å². The van der Waals surface area contributed by atoms with Crippen LogP contribution in [0.1, 0.15) is 18.4 Å². The number of aliphatic hydroxyl groups excluding tert-OH is 1. The fourth-order valence-electron chi connectivity index (χ4n) is 1.83. The Morgan fingerprint density at radius 3 is 3.05 bits per heavy atom. The number of aliphatic hydroxyl groups is 1. The van der Waals surface area contributed by atoms with Gasteiger partial charge in [-0.25, -0.2) is 0 Å². The number of hydrogen-bond acceptors (Lipinski definition) is 6. The molecule has 0 bridgehead atoms. The lowest BCUT2D eigenvalue weighted by Gasteiger charge is -2.04. The topological polar surface area (TPSA) is 81.3 Å². The van der Waals surface area contributed by atoms with Crippen molar-refractivity contribution in [2.75, 3.05) is 13.7 Å². The highest BCUT2D eigenvalue weighted by Gasteiger charge is 2.14. The monoisotopic (exact) mass is 263 g/mol. The maximum absolute atomic E-state index is 9.62. The molecule has 0 spiro atoms. The summed E-state index contributed by atoms with van der Waals surface area (Å²) in [6, 6.07) is 1.86. The highest BCUT2D eigenvalue weighted by atomic mass is 16.5. The van der Waals surface area contributed by atoms with Crippen LogP contribution in [0, 0.1) is 0 Å². The van der Waals surface area contributed by atoms with Crippen molar-refractivity contribution >= 4 is 0 Å². The molecule has 6 heteroatoms. The molecule has 1 unspecified atom stereocenters. The Balaban J connectivity index is 2.16. The first-order chi connectivity index (χ1) is 9.24. The number of aryl methyl sites for hydroxylation is 1. The lowest BCUT2D eigenvalue weighted by atomic mass is 10.1. The van der Waals surface area contributed by atoms with Crippen LogP contribution in [-0.2, 0) is 17.6 Å². The van der Waals surface area contributed by atoms with E-state index in [1.54, 1.807) is 12.4 Å². The minimum Gasteiger partial charge on any atom is -0.390 e. The van der Waals surface area contributed by atoms with Crippen LogP contribution in [0.3, 0.4) is 0 Å². The van der Waals surface area contributed by atoms with Crippen LogP contribution in [0.2, 0.25) is 0 Å². The summed E-state index contributed by atoms with van der Waals surface area (Å²) in [6.45, 7) is 2.29. The largest absolute Gasteiger partial charge is 0.390 e. The summed E-state index contributed by atoms with van der Waals surface area (Å²) in [5.74, 6) is 0.928. The zero-order valence-electron chi connectivity index (χ0n) is 11.0. The molecule has 0 aromatic carbocycles. The van der Waals surface area contributed by atoms with E-state index in [4.69, 9.17) is 9.26 Å². The summed E-state index contributed by atoms with van der Waals surface area (Å²) < 4.78 is 9.99. The molecular weight excluding hydrogens is 246 g/mol. The first kappa shape index (κ1) is 13.6. The number of nitrogens with zero attached hydrogens (tertiary/aromatic N) is 3. The van der Waals surface area contributed by atoms with Crippen LogP contribution in [0.25, 0.3) is 11.4 Å². The van der Waals surface area contributed by atoms with E-state index in [1.165, 1.54) is 7.11 Å². The van der Waals surface area contributed by atoms with Gasteiger partial charge >= 0.3 is 0 Å². The Morgan fingerprint density at radius 1 is 1.47 bits per heavy atom. The van der Waals surface area contributed by atoms with Crippen molar-refractivity contribution < 1.29 is 14.4 Å². The summed E-state index contributed by atoms with van der Waals surface area (Å²) in [7, 11) is 1.53. The van der Waals surface area contributed by atoms with Crippen LogP contribution in [0.5, 0.6) is 0 Å². The second kappa shape index (κ2) is 6.40. The summed E-state index contributed by atoms with van der Waals surface area (Å²) >= 11 is 0. The van der Waals surface area contributed by atoms with Crippen LogP contribution < -0.4 is 0 Å². The molecule has 0 aliphatic rings. The molecule has 102 valence electrons. The molecular formula is C13H17N3O3. The van der Waals surface area contributed by atoms with Crippen molar-refractivity contribution in [3.8, 4) is 11.4 Å². The Hall–Kier alpha value is -1.79. The van der Waals surface area contributed by atoms with E-state index >= 15 is 0 Å². The third kappa shape index (κ3) is 3.36. The minimum absolute atomic E-state index is 0.243. The Bertz CT molecular complexity index is 527. The van der Waals surface area contributed by atoms with Crippen molar-refractivity contribution in [2.24, 2.45) is 0 Å². The second-order valence-electron chi connectivity index (χ2n) is 4.21. The first-order valence-electron chi connectivity index (χ1n) is 6.17. The Kier molecular flexibility index (Phi) is 4.59. The van der Waals surface area contributed by atoms with Crippen molar-refractivity contribution in [3.63, 3.8) is 0 Å². The third-order valence-electron chi connectivity index (χ3n) is 2.76. The predicted octanol–water partition coefficient (Wildman–Crippen LogP) is 1.24. The lowest BCUT2D eigenvalue weighted by Crippen LogP contribution is -2.17. The van der Waals surface area contributed by atoms with Crippen molar-refractivity contribution in [1.29, 1.82) is 0 Å². The van der Waals surface area contributed by atoms with Gasteiger partial charge in [-0.05, 0) is 18.1 Å². The highest BCUT2D eigenvalue weighted by molar-refractivity contribution is 5.58. The smallest absolute Gasteiger partial charge is 0.229 e. The lowest BCUT2D eigenvalue weighted by molar-refractivity contribution is 0.0599. The Morgan fingerprint density at radius 2 is 2.32 bits per heavy atom. The van der Waals surface area contributed by atoms with E-state index in [9.17, 15) is 5.11 Å². The van der Waals surface area contributed by atoms with Gasteiger partial charge in [0, 0.05) is 25.1 Å². The third-order valence-corrected chi connectivity index (χ3v) is 2.76. The van der Waals surface area contributed by atoms with Gasteiger partial charge in [-0.3, -0.25) is 4.98 Å². The molecule has 2 rings (SSSR count). The number of hydrogen-bond donors (Lipinski definition) is 1. The quantitative estimate of drug-likeness (QED) is 0.844. The minimum atomic E-state index is -0.638. The molecule has 0 fully saturated rings. The molecule has 19 heavy (non-hydrogen) atoms. The molecule has 2 heterocycles. The fourth-order valence-corrected chi connectivity index (χ4v) is 1.83. The van der Waals surface area contributed by atoms with Gasteiger partial charge in [-0.2, -0.15) is 4.98 Å². The molecule has 1 atom stereocenters. The molecule has 6 nitrogen and oxygen atoms in total. The maximum Gasteiger partial charge on any atom is 0.229 e. The Labute approximate surface area is 111 Å². The average Bonchev–Trinajstić information content (AvgIpc) is 2.87. The van der Waals surface area contributed by atoms with Crippen LogP contribution in [0.4, 0.5) is 0 Å². The average molecular weight is 263 g/mol. The van der Waals surface area contributed by atoms with Gasteiger partial charge in [0.25, 0.3) is 0 Å². The van der Waals surface area contributed by atoms with E-state index in [0.717, 1.165) is 17.5 Å². The van der Waals surface area contributed by atoms with E-state index < -0.39 is 6.10 Å². The van der Waals surface area contributed by atoms with Crippen LogP contribution >= 0.6 is 0 Å². The molecule has 0 radical (unpaired) electrons. The van der Waals surface area contributed by atoms with E-state index in [2.05, 4.69) is 15.1 Å². The van der Waals surface area contributed by atoms with E-state index in [1.807, 2.05) is 13.0 Å². The molecule has 0 amide bonds. The number of pyridine rings is 1. The fraction of sp³-hybridized carbons (Fsp3) is 0.462. The molecule has 0 saturated carbocycles. The summed E-state index contributed by atoms with van der Waals surface area (Å²) in [4.78, 5) is 8.37. The molecule has 0 aliphatic carbocycles. The summed E-state index contributed by atoms with van der Waals surface area (Å²) in [5, 5.41) is 13.6.